The van der Waals surface area contributed by atoms with Crippen molar-refractivity contribution in [3.63, 3.8) is 0 Å². The summed E-state index contributed by atoms with van der Waals surface area (Å²) in [6.07, 6.45) is 0. The van der Waals surface area contributed by atoms with E-state index in [1.165, 1.54) is 0 Å². The maximum atomic E-state index is 12.0. The minimum Gasteiger partial charge on any atom is -0.482 e. The van der Waals surface area contributed by atoms with Gasteiger partial charge in [0.1, 0.15) is 5.75 Å². The van der Waals surface area contributed by atoms with E-state index in [1.54, 1.807) is 32.0 Å². The van der Waals surface area contributed by atoms with E-state index in [9.17, 15) is 9.59 Å². The largest absolute Gasteiger partial charge is 0.482 e. The quantitative estimate of drug-likeness (QED) is 0.756. The molecule has 0 radical (unpaired) electrons. The number of carbonyl (C=O) groups is 2. The Hall–Kier alpha value is -2.08. The van der Waals surface area contributed by atoms with E-state index < -0.39 is 5.41 Å². The molecule has 0 unspecified atom stereocenters. The third-order valence-electron chi connectivity index (χ3n) is 3.00. The number of anilines is 2. The Labute approximate surface area is 111 Å². The van der Waals surface area contributed by atoms with Crippen LogP contribution < -0.4 is 21.1 Å². The van der Waals surface area contributed by atoms with Crippen molar-refractivity contribution in [2.75, 3.05) is 23.8 Å². The van der Waals surface area contributed by atoms with Crippen LogP contribution in [0.15, 0.2) is 18.2 Å². The molecular formula is C13H17N3O3. The van der Waals surface area contributed by atoms with Gasteiger partial charge in [-0.1, -0.05) is 0 Å². The summed E-state index contributed by atoms with van der Waals surface area (Å²) in [5, 5.41) is 5.46. The summed E-state index contributed by atoms with van der Waals surface area (Å²) >= 11 is 0. The molecule has 0 saturated carbocycles. The minimum absolute atomic E-state index is 0.0128. The maximum absolute atomic E-state index is 12.0. The lowest BCUT2D eigenvalue weighted by Gasteiger charge is -2.22. The van der Waals surface area contributed by atoms with Crippen molar-refractivity contribution in [1.82, 2.24) is 0 Å². The Morgan fingerprint density at radius 3 is 2.95 bits per heavy atom. The number of nitrogens with one attached hydrogen (secondary N) is 2. The first-order chi connectivity index (χ1) is 8.92. The van der Waals surface area contributed by atoms with Crippen LogP contribution in [-0.4, -0.2) is 25.0 Å². The van der Waals surface area contributed by atoms with Crippen LogP contribution in [0.5, 0.6) is 5.75 Å². The third-order valence-corrected chi connectivity index (χ3v) is 3.00. The zero-order valence-electron chi connectivity index (χ0n) is 10.9. The zero-order valence-corrected chi connectivity index (χ0v) is 10.9. The Kier molecular flexibility index (Phi) is 3.44. The minimum atomic E-state index is -0.643. The van der Waals surface area contributed by atoms with Crippen molar-refractivity contribution in [1.29, 1.82) is 0 Å². The standard InChI is InChI=1S/C13H17N3O3/c1-13(2,7-14)12(18)15-8-3-4-10-9(5-8)16-11(17)6-19-10/h3-5H,6-7,14H2,1-2H3,(H,15,18)(H,16,17). The van der Waals surface area contributed by atoms with Crippen molar-refractivity contribution < 1.29 is 14.3 Å². The fourth-order valence-corrected chi connectivity index (χ4v) is 1.55. The number of fused-ring (bicyclic) bond motifs is 1. The molecule has 0 aliphatic carbocycles. The number of amides is 2. The smallest absolute Gasteiger partial charge is 0.262 e. The number of carbonyl (C=O) groups excluding carboxylic acids is 2. The first kappa shape index (κ1) is 13.4. The van der Waals surface area contributed by atoms with Crippen LogP contribution in [0.3, 0.4) is 0 Å². The van der Waals surface area contributed by atoms with Crippen molar-refractivity contribution in [3.8, 4) is 5.75 Å². The Bertz CT molecular complexity index is 526. The zero-order chi connectivity index (χ0) is 14.0. The van der Waals surface area contributed by atoms with E-state index in [4.69, 9.17) is 10.5 Å². The highest BCUT2D eigenvalue weighted by Crippen LogP contribution is 2.31. The van der Waals surface area contributed by atoms with Crippen molar-refractivity contribution >= 4 is 23.2 Å². The summed E-state index contributed by atoms with van der Waals surface area (Å²) in [7, 11) is 0. The fourth-order valence-electron chi connectivity index (χ4n) is 1.55. The van der Waals surface area contributed by atoms with E-state index in [-0.39, 0.29) is 25.0 Å². The van der Waals surface area contributed by atoms with Crippen molar-refractivity contribution in [3.05, 3.63) is 18.2 Å². The molecule has 1 aromatic carbocycles. The maximum Gasteiger partial charge on any atom is 0.262 e. The van der Waals surface area contributed by atoms with Gasteiger partial charge in [0.15, 0.2) is 6.61 Å². The molecule has 2 rings (SSSR count). The molecule has 4 N–H and O–H groups in total. The molecule has 0 fully saturated rings. The van der Waals surface area contributed by atoms with Gasteiger partial charge in [-0.05, 0) is 32.0 Å². The summed E-state index contributed by atoms with van der Waals surface area (Å²) in [4.78, 5) is 23.2. The van der Waals surface area contributed by atoms with Crippen LogP contribution in [0.25, 0.3) is 0 Å². The van der Waals surface area contributed by atoms with E-state index in [2.05, 4.69) is 10.6 Å². The van der Waals surface area contributed by atoms with Crippen LogP contribution in [0, 0.1) is 5.41 Å². The number of ether oxygens (including phenoxy) is 1. The number of hydrogen-bond donors (Lipinski definition) is 3. The van der Waals surface area contributed by atoms with Gasteiger partial charge in [-0.3, -0.25) is 9.59 Å². The number of benzene rings is 1. The lowest BCUT2D eigenvalue weighted by molar-refractivity contribution is -0.123. The monoisotopic (exact) mass is 263 g/mol. The van der Waals surface area contributed by atoms with Crippen molar-refractivity contribution in [2.24, 2.45) is 11.1 Å². The van der Waals surface area contributed by atoms with E-state index in [0.29, 0.717) is 17.1 Å². The van der Waals surface area contributed by atoms with Gasteiger partial charge in [0, 0.05) is 12.2 Å². The van der Waals surface area contributed by atoms with Crippen LogP contribution in [0.4, 0.5) is 11.4 Å². The SMILES string of the molecule is CC(C)(CN)C(=O)Nc1ccc2c(c1)NC(=O)CO2. The highest BCUT2D eigenvalue weighted by molar-refractivity contribution is 5.98. The van der Waals surface area contributed by atoms with Gasteiger partial charge in [0.2, 0.25) is 5.91 Å². The molecule has 1 heterocycles. The molecule has 1 aromatic rings. The molecule has 0 bridgehead atoms. The van der Waals surface area contributed by atoms with Crippen molar-refractivity contribution in [2.45, 2.75) is 13.8 Å². The normalized spacial score (nSPS) is 14.2. The summed E-state index contributed by atoms with van der Waals surface area (Å²) < 4.78 is 5.24. The van der Waals surface area contributed by atoms with Gasteiger partial charge < -0.3 is 21.1 Å². The lowest BCUT2D eigenvalue weighted by atomic mass is 9.92. The average molecular weight is 263 g/mol. The van der Waals surface area contributed by atoms with Gasteiger partial charge >= 0.3 is 0 Å². The first-order valence-corrected chi connectivity index (χ1v) is 6.00. The number of rotatable bonds is 3. The van der Waals surface area contributed by atoms with E-state index in [0.717, 1.165) is 0 Å². The summed E-state index contributed by atoms with van der Waals surface area (Å²) in [5.74, 6) is 0.215. The predicted molar refractivity (Wildman–Crippen MR) is 72.0 cm³/mol. The topological polar surface area (TPSA) is 93.5 Å². The van der Waals surface area contributed by atoms with Gasteiger partial charge in [0.25, 0.3) is 5.91 Å². The molecular weight excluding hydrogens is 246 g/mol. The lowest BCUT2D eigenvalue weighted by Crippen LogP contribution is -2.37. The van der Waals surface area contributed by atoms with Gasteiger partial charge in [-0.15, -0.1) is 0 Å². The second-order valence-corrected chi connectivity index (χ2v) is 5.09. The van der Waals surface area contributed by atoms with Crippen LogP contribution in [-0.2, 0) is 9.59 Å². The Morgan fingerprint density at radius 1 is 1.53 bits per heavy atom. The molecule has 2 amide bonds. The summed E-state index contributed by atoms with van der Waals surface area (Å²) in [6, 6.07) is 5.09. The first-order valence-electron chi connectivity index (χ1n) is 6.00. The molecule has 0 aromatic heterocycles. The molecule has 0 atom stereocenters. The number of nitrogens with two attached hydrogens (primary N) is 1. The molecule has 1 aliphatic rings. The molecule has 0 saturated heterocycles. The molecule has 1 aliphatic heterocycles. The Morgan fingerprint density at radius 2 is 2.26 bits per heavy atom. The molecule has 6 nitrogen and oxygen atoms in total. The second kappa shape index (κ2) is 4.89. The highest BCUT2D eigenvalue weighted by atomic mass is 16.5. The van der Waals surface area contributed by atoms with E-state index in [1.807, 2.05) is 0 Å². The Balaban J connectivity index is 2.17. The van der Waals surface area contributed by atoms with Gasteiger partial charge in [-0.25, -0.2) is 0 Å². The van der Waals surface area contributed by atoms with Gasteiger partial charge in [0.05, 0.1) is 11.1 Å². The number of hydrogen-bond acceptors (Lipinski definition) is 4. The molecule has 102 valence electrons. The predicted octanol–water partition coefficient (Wildman–Crippen LogP) is 0.941. The third kappa shape index (κ3) is 2.85. The van der Waals surface area contributed by atoms with Crippen LogP contribution >= 0.6 is 0 Å². The average Bonchev–Trinajstić information content (AvgIpc) is 2.38. The second-order valence-electron chi connectivity index (χ2n) is 5.09. The molecule has 19 heavy (non-hydrogen) atoms. The van der Waals surface area contributed by atoms with Gasteiger partial charge in [-0.2, -0.15) is 0 Å². The highest BCUT2D eigenvalue weighted by Gasteiger charge is 2.26. The molecule has 6 heteroatoms. The molecule has 0 spiro atoms. The fraction of sp³-hybridized carbons (Fsp3) is 0.385. The van der Waals surface area contributed by atoms with Crippen LogP contribution in [0.1, 0.15) is 13.8 Å². The summed E-state index contributed by atoms with van der Waals surface area (Å²) in [5.41, 5.74) is 6.06. The van der Waals surface area contributed by atoms with E-state index >= 15 is 0 Å². The van der Waals surface area contributed by atoms with Crippen LogP contribution in [0.2, 0.25) is 0 Å². The summed E-state index contributed by atoms with van der Waals surface area (Å²) in [6.45, 7) is 3.81.